The molecule has 1 amide bonds. The summed E-state index contributed by atoms with van der Waals surface area (Å²) in [4.78, 5) is 32.9. The molecule has 0 bridgehead atoms. The fraction of sp³-hybridized carbons (Fsp3) is 0.174. The number of carbonyl (C=O) groups is 2. The maximum atomic E-state index is 13.0. The zero-order valence-electron chi connectivity index (χ0n) is 17.3. The number of anilines is 1. The first-order valence-corrected chi connectivity index (χ1v) is 9.89. The highest BCUT2D eigenvalue weighted by molar-refractivity contribution is 6.03. The van der Waals surface area contributed by atoms with Crippen molar-refractivity contribution in [3.05, 3.63) is 83.8 Å². The summed E-state index contributed by atoms with van der Waals surface area (Å²) >= 11 is 0. The SMILES string of the molecule is COc1ccc(C2CC(c3ccccc3)=NN2C(=O)COC(=O)c2nccnc2N)cc1. The van der Waals surface area contributed by atoms with Gasteiger partial charge in [0.1, 0.15) is 5.75 Å². The van der Waals surface area contributed by atoms with E-state index in [1.54, 1.807) is 7.11 Å². The summed E-state index contributed by atoms with van der Waals surface area (Å²) in [5, 5.41) is 5.91. The zero-order chi connectivity index (χ0) is 22.5. The van der Waals surface area contributed by atoms with Crippen LogP contribution >= 0.6 is 0 Å². The quantitative estimate of drug-likeness (QED) is 0.596. The number of ether oxygens (including phenoxy) is 2. The summed E-state index contributed by atoms with van der Waals surface area (Å²) in [5.74, 6) is -0.639. The van der Waals surface area contributed by atoms with Gasteiger partial charge in [-0.2, -0.15) is 5.10 Å². The summed E-state index contributed by atoms with van der Waals surface area (Å²) < 4.78 is 10.4. The van der Waals surface area contributed by atoms with Crippen LogP contribution in [-0.4, -0.2) is 46.3 Å². The number of rotatable bonds is 6. The number of hydrogen-bond acceptors (Lipinski definition) is 8. The number of aromatic nitrogens is 2. The van der Waals surface area contributed by atoms with Crippen LogP contribution in [0.25, 0.3) is 0 Å². The highest BCUT2D eigenvalue weighted by Gasteiger charge is 2.33. The summed E-state index contributed by atoms with van der Waals surface area (Å²) in [7, 11) is 1.59. The first-order chi connectivity index (χ1) is 15.6. The van der Waals surface area contributed by atoms with Crippen molar-refractivity contribution in [1.82, 2.24) is 15.0 Å². The maximum absolute atomic E-state index is 13.0. The molecule has 1 atom stereocenters. The van der Waals surface area contributed by atoms with E-state index in [9.17, 15) is 9.59 Å². The molecule has 1 aliphatic heterocycles. The van der Waals surface area contributed by atoms with Crippen LogP contribution in [-0.2, 0) is 9.53 Å². The first kappa shape index (κ1) is 21.0. The predicted octanol–water partition coefficient (Wildman–Crippen LogP) is 2.60. The van der Waals surface area contributed by atoms with Gasteiger partial charge in [0, 0.05) is 18.8 Å². The van der Waals surface area contributed by atoms with Gasteiger partial charge in [-0.15, -0.1) is 0 Å². The molecule has 2 aromatic carbocycles. The minimum absolute atomic E-state index is 0.0633. The third kappa shape index (κ3) is 4.41. The minimum Gasteiger partial charge on any atom is -0.497 e. The Morgan fingerprint density at radius 1 is 1.06 bits per heavy atom. The first-order valence-electron chi connectivity index (χ1n) is 9.89. The number of amides is 1. The van der Waals surface area contributed by atoms with Crippen LogP contribution in [0, 0.1) is 0 Å². The van der Waals surface area contributed by atoms with E-state index in [-0.39, 0.29) is 17.6 Å². The van der Waals surface area contributed by atoms with Crippen molar-refractivity contribution in [2.45, 2.75) is 12.5 Å². The Kier molecular flexibility index (Phi) is 6.07. The van der Waals surface area contributed by atoms with E-state index >= 15 is 0 Å². The molecule has 9 heteroatoms. The van der Waals surface area contributed by atoms with Gasteiger partial charge in [-0.25, -0.2) is 19.8 Å². The van der Waals surface area contributed by atoms with Gasteiger partial charge in [0.25, 0.3) is 5.91 Å². The number of benzene rings is 2. The topological polar surface area (TPSA) is 120 Å². The molecule has 0 aliphatic carbocycles. The molecule has 162 valence electrons. The number of nitrogens with two attached hydrogens (primary N) is 1. The summed E-state index contributed by atoms with van der Waals surface area (Å²) in [6, 6.07) is 16.7. The molecule has 1 aliphatic rings. The van der Waals surface area contributed by atoms with E-state index in [4.69, 9.17) is 15.2 Å². The van der Waals surface area contributed by atoms with E-state index in [0.29, 0.717) is 12.2 Å². The van der Waals surface area contributed by atoms with E-state index < -0.39 is 18.5 Å². The average Bonchev–Trinajstić information content (AvgIpc) is 3.29. The highest BCUT2D eigenvalue weighted by Crippen LogP contribution is 2.33. The fourth-order valence-electron chi connectivity index (χ4n) is 3.40. The lowest BCUT2D eigenvalue weighted by Gasteiger charge is -2.22. The van der Waals surface area contributed by atoms with Crippen molar-refractivity contribution in [3.8, 4) is 5.75 Å². The second-order valence-corrected chi connectivity index (χ2v) is 7.01. The Labute approximate surface area is 184 Å². The number of carbonyl (C=O) groups excluding carboxylic acids is 2. The second kappa shape index (κ2) is 9.25. The Hall–Kier alpha value is -4.27. The summed E-state index contributed by atoms with van der Waals surface area (Å²) in [6.45, 7) is -0.507. The predicted molar refractivity (Wildman–Crippen MR) is 117 cm³/mol. The molecule has 4 rings (SSSR count). The average molecular weight is 431 g/mol. The maximum Gasteiger partial charge on any atom is 0.361 e. The number of nitrogens with zero attached hydrogens (tertiary/aromatic N) is 4. The molecule has 0 saturated heterocycles. The van der Waals surface area contributed by atoms with Crippen LogP contribution in [0.5, 0.6) is 5.75 Å². The molecule has 0 radical (unpaired) electrons. The van der Waals surface area contributed by atoms with Crippen LogP contribution in [0.2, 0.25) is 0 Å². The Bertz CT molecular complexity index is 1150. The van der Waals surface area contributed by atoms with Crippen molar-refractivity contribution in [1.29, 1.82) is 0 Å². The van der Waals surface area contributed by atoms with Crippen LogP contribution in [0.15, 0.2) is 72.1 Å². The largest absolute Gasteiger partial charge is 0.497 e. The number of hydrazone groups is 1. The molecule has 9 nitrogen and oxygen atoms in total. The Morgan fingerprint density at radius 3 is 2.47 bits per heavy atom. The summed E-state index contributed by atoms with van der Waals surface area (Å²) in [5.41, 5.74) is 8.09. The van der Waals surface area contributed by atoms with E-state index in [0.717, 1.165) is 16.8 Å². The number of nitrogen functional groups attached to an aromatic ring is 1. The van der Waals surface area contributed by atoms with Gasteiger partial charge in [-0.3, -0.25) is 4.79 Å². The Balaban J connectivity index is 1.55. The third-order valence-corrected chi connectivity index (χ3v) is 5.02. The van der Waals surface area contributed by atoms with Gasteiger partial charge in [-0.1, -0.05) is 42.5 Å². The standard InChI is InChI=1S/C23H21N5O4/c1-31-17-9-7-16(8-10-17)19-13-18(15-5-3-2-4-6-15)27-28(19)20(29)14-32-23(30)21-22(24)26-12-11-25-21/h2-12,19H,13-14H2,1H3,(H2,24,26). The lowest BCUT2D eigenvalue weighted by Crippen LogP contribution is -2.31. The highest BCUT2D eigenvalue weighted by atomic mass is 16.5. The van der Waals surface area contributed by atoms with Gasteiger partial charge in [0.05, 0.1) is 18.9 Å². The molecule has 2 N–H and O–H groups in total. The van der Waals surface area contributed by atoms with Crippen LogP contribution in [0.3, 0.4) is 0 Å². The normalized spacial score (nSPS) is 15.2. The molecular formula is C23H21N5O4. The van der Waals surface area contributed by atoms with Gasteiger partial charge < -0.3 is 15.2 Å². The lowest BCUT2D eigenvalue weighted by molar-refractivity contribution is -0.136. The van der Waals surface area contributed by atoms with Gasteiger partial charge in [-0.05, 0) is 23.3 Å². The number of methoxy groups -OCH3 is 1. The smallest absolute Gasteiger partial charge is 0.361 e. The van der Waals surface area contributed by atoms with Gasteiger partial charge >= 0.3 is 5.97 Å². The molecule has 1 unspecified atom stereocenters. The molecule has 0 fully saturated rings. The number of esters is 1. The summed E-state index contributed by atoms with van der Waals surface area (Å²) in [6.07, 6.45) is 3.21. The molecular weight excluding hydrogens is 410 g/mol. The van der Waals surface area contributed by atoms with Gasteiger partial charge in [0.15, 0.2) is 18.1 Å². The molecule has 3 aromatic rings. The van der Waals surface area contributed by atoms with Crippen molar-refractivity contribution >= 4 is 23.4 Å². The number of hydrogen-bond donors (Lipinski definition) is 1. The molecule has 2 heterocycles. The molecule has 0 saturated carbocycles. The fourth-order valence-corrected chi connectivity index (χ4v) is 3.40. The second-order valence-electron chi connectivity index (χ2n) is 7.01. The molecule has 1 aromatic heterocycles. The van der Waals surface area contributed by atoms with Crippen molar-refractivity contribution in [3.63, 3.8) is 0 Å². The van der Waals surface area contributed by atoms with Crippen molar-refractivity contribution in [2.24, 2.45) is 5.10 Å². The Morgan fingerprint density at radius 2 is 1.78 bits per heavy atom. The van der Waals surface area contributed by atoms with Crippen molar-refractivity contribution in [2.75, 3.05) is 19.5 Å². The van der Waals surface area contributed by atoms with Crippen LogP contribution < -0.4 is 10.5 Å². The van der Waals surface area contributed by atoms with Crippen LogP contribution in [0.1, 0.15) is 34.1 Å². The third-order valence-electron chi connectivity index (χ3n) is 5.02. The van der Waals surface area contributed by atoms with Crippen LogP contribution in [0.4, 0.5) is 5.82 Å². The molecule has 32 heavy (non-hydrogen) atoms. The lowest BCUT2D eigenvalue weighted by atomic mass is 9.98. The monoisotopic (exact) mass is 431 g/mol. The van der Waals surface area contributed by atoms with Crippen molar-refractivity contribution < 1.29 is 19.1 Å². The molecule has 0 spiro atoms. The minimum atomic E-state index is -0.823. The van der Waals surface area contributed by atoms with E-state index in [1.807, 2.05) is 54.6 Å². The van der Waals surface area contributed by atoms with E-state index in [2.05, 4.69) is 15.1 Å². The van der Waals surface area contributed by atoms with E-state index in [1.165, 1.54) is 17.4 Å². The van der Waals surface area contributed by atoms with Gasteiger partial charge in [0.2, 0.25) is 0 Å². The zero-order valence-corrected chi connectivity index (χ0v) is 17.3.